The zero-order valence-corrected chi connectivity index (χ0v) is 9.73. The van der Waals surface area contributed by atoms with Gasteiger partial charge >= 0.3 is 0 Å². The van der Waals surface area contributed by atoms with Gasteiger partial charge in [-0.25, -0.2) is 4.98 Å². The first kappa shape index (κ1) is 11.0. The van der Waals surface area contributed by atoms with E-state index in [2.05, 4.69) is 9.38 Å². The van der Waals surface area contributed by atoms with Crippen LogP contribution in [0, 0.1) is 6.92 Å². The number of fused-ring (bicyclic) bond motifs is 1. The quantitative estimate of drug-likeness (QED) is 0.848. The fraction of sp³-hybridized carbons (Fsp3) is 0.417. The molecule has 2 N–H and O–H groups in total. The summed E-state index contributed by atoms with van der Waals surface area (Å²) >= 11 is 0. The van der Waals surface area contributed by atoms with Crippen molar-refractivity contribution in [1.29, 1.82) is 0 Å². The van der Waals surface area contributed by atoms with Crippen molar-refractivity contribution in [1.82, 2.24) is 9.38 Å². The molecule has 0 aromatic carbocycles. The van der Waals surface area contributed by atoms with Gasteiger partial charge in [-0.2, -0.15) is 0 Å². The molecule has 2 aromatic rings. The summed E-state index contributed by atoms with van der Waals surface area (Å²) < 4.78 is 7.61. The average molecular weight is 219 g/mol. The molecular formula is C12H17N3O. The fourth-order valence-electron chi connectivity index (χ4n) is 1.91. The Morgan fingerprint density at radius 3 is 3.00 bits per heavy atom. The second-order valence-corrected chi connectivity index (χ2v) is 3.68. The van der Waals surface area contributed by atoms with Crippen LogP contribution in [0.1, 0.15) is 18.3 Å². The number of pyridine rings is 1. The first-order valence-electron chi connectivity index (χ1n) is 5.57. The molecule has 0 saturated heterocycles. The zero-order chi connectivity index (χ0) is 11.5. The summed E-state index contributed by atoms with van der Waals surface area (Å²) in [7, 11) is 0. The third kappa shape index (κ3) is 1.76. The van der Waals surface area contributed by atoms with E-state index in [0.717, 1.165) is 23.5 Å². The van der Waals surface area contributed by atoms with E-state index >= 15 is 0 Å². The van der Waals surface area contributed by atoms with Crippen LogP contribution in [-0.2, 0) is 6.42 Å². The molecule has 2 heterocycles. The monoisotopic (exact) mass is 219 g/mol. The maximum atomic E-state index is 5.60. The molecule has 0 aliphatic heterocycles. The van der Waals surface area contributed by atoms with Crippen LogP contribution < -0.4 is 10.5 Å². The van der Waals surface area contributed by atoms with Gasteiger partial charge in [-0.15, -0.1) is 0 Å². The highest BCUT2D eigenvalue weighted by Gasteiger charge is 2.11. The molecule has 0 aliphatic rings. The van der Waals surface area contributed by atoms with Gasteiger partial charge in [0.15, 0.2) is 11.4 Å². The number of nitrogens with two attached hydrogens (primary N) is 1. The lowest BCUT2D eigenvalue weighted by Crippen LogP contribution is -2.06. The van der Waals surface area contributed by atoms with Gasteiger partial charge in [0.2, 0.25) is 0 Å². The Morgan fingerprint density at radius 2 is 2.31 bits per heavy atom. The van der Waals surface area contributed by atoms with Crippen molar-refractivity contribution in [2.45, 2.75) is 20.3 Å². The predicted octanol–water partition coefficient (Wildman–Crippen LogP) is 1.54. The van der Waals surface area contributed by atoms with E-state index < -0.39 is 0 Å². The number of rotatable bonds is 4. The Morgan fingerprint density at radius 1 is 1.50 bits per heavy atom. The van der Waals surface area contributed by atoms with Crippen LogP contribution >= 0.6 is 0 Å². The molecule has 0 spiro atoms. The van der Waals surface area contributed by atoms with Gasteiger partial charge in [0.05, 0.1) is 12.3 Å². The molecule has 2 aromatic heterocycles. The van der Waals surface area contributed by atoms with Crippen LogP contribution in [-0.4, -0.2) is 22.5 Å². The first-order valence-corrected chi connectivity index (χ1v) is 5.57. The van der Waals surface area contributed by atoms with E-state index in [9.17, 15) is 0 Å². The summed E-state index contributed by atoms with van der Waals surface area (Å²) in [5.74, 6) is 0.830. The Balaban J connectivity index is 2.58. The predicted molar refractivity (Wildman–Crippen MR) is 63.9 cm³/mol. The Kier molecular flexibility index (Phi) is 3.10. The summed E-state index contributed by atoms with van der Waals surface area (Å²) in [6, 6.07) is 3.91. The SMILES string of the molecule is CCOc1cccn2c(CCN)c(C)nc12. The summed E-state index contributed by atoms with van der Waals surface area (Å²) in [4.78, 5) is 4.53. The molecule has 0 amide bonds. The molecule has 0 radical (unpaired) electrons. The van der Waals surface area contributed by atoms with E-state index in [0.29, 0.717) is 13.2 Å². The molecule has 4 nitrogen and oxygen atoms in total. The van der Waals surface area contributed by atoms with Crippen molar-refractivity contribution >= 4 is 5.65 Å². The maximum Gasteiger partial charge on any atom is 0.180 e. The molecular weight excluding hydrogens is 202 g/mol. The number of hydrogen-bond donors (Lipinski definition) is 1. The van der Waals surface area contributed by atoms with Gasteiger partial charge in [0, 0.05) is 18.3 Å². The Bertz CT molecular complexity index is 490. The average Bonchev–Trinajstić information content (AvgIpc) is 2.59. The molecule has 0 unspecified atom stereocenters. The van der Waals surface area contributed by atoms with Gasteiger partial charge in [0.1, 0.15) is 0 Å². The van der Waals surface area contributed by atoms with Gasteiger partial charge in [-0.1, -0.05) is 0 Å². The molecule has 0 saturated carbocycles. The molecule has 0 aliphatic carbocycles. The molecule has 0 fully saturated rings. The van der Waals surface area contributed by atoms with Crippen LogP contribution in [0.5, 0.6) is 5.75 Å². The summed E-state index contributed by atoms with van der Waals surface area (Å²) in [6.07, 6.45) is 2.84. The second kappa shape index (κ2) is 4.53. The highest BCUT2D eigenvalue weighted by molar-refractivity contribution is 5.56. The normalized spacial score (nSPS) is 10.9. The van der Waals surface area contributed by atoms with Crippen molar-refractivity contribution in [2.24, 2.45) is 5.73 Å². The molecule has 4 heteroatoms. The minimum atomic E-state index is 0.632. The van der Waals surface area contributed by atoms with Gasteiger partial charge < -0.3 is 14.9 Å². The molecule has 16 heavy (non-hydrogen) atoms. The zero-order valence-electron chi connectivity index (χ0n) is 9.73. The first-order chi connectivity index (χ1) is 7.77. The molecule has 86 valence electrons. The van der Waals surface area contributed by atoms with Crippen LogP contribution in [0.2, 0.25) is 0 Å². The molecule has 0 bridgehead atoms. The van der Waals surface area contributed by atoms with E-state index in [1.807, 2.05) is 32.2 Å². The van der Waals surface area contributed by atoms with E-state index in [1.54, 1.807) is 0 Å². The van der Waals surface area contributed by atoms with Gasteiger partial charge in [0.25, 0.3) is 0 Å². The van der Waals surface area contributed by atoms with Crippen molar-refractivity contribution in [3.05, 3.63) is 29.7 Å². The minimum absolute atomic E-state index is 0.632. The van der Waals surface area contributed by atoms with Crippen LogP contribution in [0.15, 0.2) is 18.3 Å². The molecule has 2 rings (SSSR count). The fourth-order valence-corrected chi connectivity index (χ4v) is 1.91. The highest BCUT2D eigenvalue weighted by atomic mass is 16.5. The minimum Gasteiger partial charge on any atom is -0.490 e. The van der Waals surface area contributed by atoms with Gasteiger partial charge in [-0.05, 0) is 32.5 Å². The van der Waals surface area contributed by atoms with Crippen LogP contribution in [0.4, 0.5) is 0 Å². The van der Waals surface area contributed by atoms with E-state index in [4.69, 9.17) is 10.5 Å². The number of hydrogen-bond acceptors (Lipinski definition) is 3. The van der Waals surface area contributed by atoms with E-state index in [-0.39, 0.29) is 0 Å². The van der Waals surface area contributed by atoms with Crippen molar-refractivity contribution in [3.8, 4) is 5.75 Å². The van der Waals surface area contributed by atoms with Gasteiger partial charge in [-0.3, -0.25) is 0 Å². The number of imidazole rings is 1. The highest BCUT2D eigenvalue weighted by Crippen LogP contribution is 2.21. The lowest BCUT2D eigenvalue weighted by molar-refractivity contribution is 0.342. The van der Waals surface area contributed by atoms with E-state index in [1.165, 1.54) is 5.69 Å². The smallest absolute Gasteiger partial charge is 0.180 e. The third-order valence-corrected chi connectivity index (χ3v) is 2.59. The number of aryl methyl sites for hydroxylation is 1. The Hall–Kier alpha value is -1.55. The van der Waals surface area contributed by atoms with Crippen LogP contribution in [0.3, 0.4) is 0 Å². The second-order valence-electron chi connectivity index (χ2n) is 3.68. The lowest BCUT2D eigenvalue weighted by atomic mass is 10.2. The maximum absolute atomic E-state index is 5.60. The summed E-state index contributed by atoms with van der Waals surface area (Å²) in [5.41, 5.74) is 8.68. The number of nitrogens with zero attached hydrogens (tertiary/aromatic N) is 2. The number of ether oxygens (including phenoxy) is 1. The largest absolute Gasteiger partial charge is 0.490 e. The third-order valence-electron chi connectivity index (χ3n) is 2.59. The van der Waals surface area contributed by atoms with Crippen molar-refractivity contribution < 1.29 is 4.74 Å². The summed E-state index contributed by atoms with van der Waals surface area (Å²) in [6.45, 7) is 5.26. The van der Waals surface area contributed by atoms with Crippen molar-refractivity contribution in [3.63, 3.8) is 0 Å². The lowest BCUT2D eigenvalue weighted by Gasteiger charge is -2.05. The Labute approximate surface area is 95.0 Å². The summed E-state index contributed by atoms with van der Waals surface area (Å²) in [5, 5.41) is 0. The molecule has 0 atom stereocenters. The number of aromatic nitrogens is 2. The standard InChI is InChI=1S/C12H17N3O/c1-3-16-11-5-4-8-15-10(6-7-13)9(2)14-12(11)15/h4-5,8H,3,6-7,13H2,1-2H3. The topological polar surface area (TPSA) is 52.5 Å². The van der Waals surface area contributed by atoms with Crippen LogP contribution in [0.25, 0.3) is 5.65 Å². The van der Waals surface area contributed by atoms with Crippen molar-refractivity contribution in [2.75, 3.05) is 13.2 Å².